The molecule has 1 heterocycles. The van der Waals surface area contributed by atoms with Crippen LogP contribution in [0.1, 0.15) is 18.2 Å². The number of aromatic nitrogens is 1. The van der Waals surface area contributed by atoms with Crippen LogP contribution in [0.15, 0.2) is 58.8 Å². The van der Waals surface area contributed by atoms with Crippen LogP contribution < -0.4 is 37.4 Å². The monoisotopic (exact) mass is 471 g/mol. The molecule has 0 amide bonds. The second kappa shape index (κ2) is 12.4. The van der Waals surface area contributed by atoms with Crippen molar-refractivity contribution in [2.75, 3.05) is 6.54 Å². The lowest BCUT2D eigenvalue weighted by molar-refractivity contribution is -0.680. The highest BCUT2D eigenvalue weighted by molar-refractivity contribution is 8.93. The van der Waals surface area contributed by atoms with E-state index >= 15 is 0 Å². The number of hydrogen-bond acceptors (Lipinski definition) is 3. The predicted molar refractivity (Wildman–Crippen MR) is 102 cm³/mol. The molecule has 0 saturated heterocycles. The molecule has 0 fully saturated rings. The summed E-state index contributed by atoms with van der Waals surface area (Å²) < 4.78 is 7.82. The Bertz CT molecular complexity index is 690. The van der Waals surface area contributed by atoms with E-state index in [9.17, 15) is 0 Å². The zero-order valence-corrected chi connectivity index (χ0v) is 17.5. The van der Waals surface area contributed by atoms with E-state index in [1.165, 1.54) is 0 Å². The number of pyridine rings is 1. The average molecular weight is 473 g/mol. The van der Waals surface area contributed by atoms with Crippen LogP contribution in [0.25, 0.3) is 0 Å². The SMILES string of the molecule is Br.CCN=C(N)N/N=C/c1ccc(OCc2cccc[n+]2C)cc1.[Br-]. The van der Waals surface area contributed by atoms with Gasteiger partial charge in [-0.05, 0) is 42.8 Å². The van der Waals surface area contributed by atoms with Crippen molar-refractivity contribution in [3.63, 3.8) is 0 Å². The second-order valence-corrected chi connectivity index (χ2v) is 4.89. The second-order valence-electron chi connectivity index (χ2n) is 4.89. The smallest absolute Gasteiger partial charge is 0.219 e. The summed E-state index contributed by atoms with van der Waals surface area (Å²) in [6.07, 6.45) is 3.68. The lowest BCUT2D eigenvalue weighted by atomic mass is 10.2. The molecule has 0 saturated carbocycles. The van der Waals surface area contributed by atoms with Crippen molar-refractivity contribution in [1.82, 2.24) is 5.43 Å². The summed E-state index contributed by atoms with van der Waals surface area (Å²) in [4.78, 5) is 3.98. The lowest BCUT2D eigenvalue weighted by Crippen LogP contribution is -3.00. The maximum atomic E-state index is 5.78. The number of nitrogens with zero attached hydrogens (tertiary/aromatic N) is 3. The normalized spacial score (nSPS) is 10.7. The maximum Gasteiger partial charge on any atom is 0.219 e. The van der Waals surface area contributed by atoms with Gasteiger partial charge in [-0.2, -0.15) is 5.10 Å². The summed E-state index contributed by atoms with van der Waals surface area (Å²) in [6, 6.07) is 13.7. The highest BCUT2D eigenvalue weighted by atomic mass is 79.9. The minimum atomic E-state index is 0. The molecule has 0 aliphatic carbocycles. The van der Waals surface area contributed by atoms with Crippen molar-refractivity contribution in [2.24, 2.45) is 22.9 Å². The van der Waals surface area contributed by atoms with Crippen LogP contribution in [0.5, 0.6) is 5.75 Å². The Morgan fingerprint density at radius 2 is 1.96 bits per heavy atom. The molecule has 0 spiro atoms. The number of nitrogens with one attached hydrogen (secondary N) is 1. The van der Waals surface area contributed by atoms with Gasteiger partial charge in [0.25, 0.3) is 0 Å². The Morgan fingerprint density at radius 1 is 1.24 bits per heavy atom. The fourth-order valence-corrected chi connectivity index (χ4v) is 1.89. The molecule has 0 aliphatic rings. The highest BCUT2D eigenvalue weighted by Crippen LogP contribution is 2.12. The number of hydrogen-bond donors (Lipinski definition) is 2. The number of aryl methyl sites for hydroxylation is 1. The Kier molecular flexibility index (Phi) is 11.5. The Morgan fingerprint density at radius 3 is 2.60 bits per heavy atom. The summed E-state index contributed by atoms with van der Waals surface area (Å²) in [5.74, 6) is 1.12. The van der Waals surface area contributed by atoms with E-state index in [1.54, 1.807) is 6.21 Å². The minimum absolute atomic E-state index is 0. The first-order valence-corrected chi connectivity index (χ1v) is 7.44. The fraction of sp³-hybridized carbons (Fsp3) is 0.235. The molecule has 25 heavy (non-hydrogen) atoms. The van der Waals surface area contributed by atoms with Crippen LogP contribution in [-0.2, 0) is 13.7 Å². The first kappa shape index (κ1) is 23.1. The van der Waals surface area contributed by atoms with Gasteiger partial charge in [0.1, 0.15) is 12.8 Å². The van der Waals surface area contributed by atoms with Crippen LogP contribution in [0.2, 0.25) is 0 Å². The van der Waals surface area contributed by atoms with E-state index in [0.29, 0.717) is 19.1 Å². The molecule has 1 aromatic carbocycles. The zero-order chi connectivity index (χ0) is 16.5. The number of ether oxygens (including phenoxy) is 1. The predicted octanol–water partition coefficient (Wildman–Crippen LogP) is -1.07. The molecule has 3 N–H and O–H groups in total. The quantitative estimate of drug-likeness (QED) is 0.243. The van der Waals surface area contributed by atoms with Crippen LogP contribution in [0, 0.1) is 0 Å². The van der Waals surface area contributed by atoms with Gasteiger partial charge in [0.2, 0.25) is 11.7 Å². The van der Waals surface area contributed by atoms with Crippen molar-refractivity contribution < 1.29 is 26.3 Å². The molecule has 8 heteroatoms. The van der Waals surface area contributed by atoms with E-state index in [-0.39, 0.29) is 34.0 Å². The van der Waals surface area contributed by atoms with Gasteiger partial charge >= 0.3 is 0 Å². The summed E-state index contributed by atoms with van der Waals surface area (Å²) >= 11 is 0. The number of hydrazone groups is 1. The molecule has 0 unspecified atom stereocenters. The molecule has 0 atom stereocenters. The third-order valence-corrected chi connectivity index (χ3v) is 3.15. The average Bonchev–Trinajstić information content (AvgIpc) is 2.56. The van der Waals surface area contributed by atoms with Gasteiger partial charge < -0.3 is 27.5 Å². The van der Waals surface area contributed by atoms with Gasteiger partial charge in [-0.25, -0.2) is 9.99 Å². The largest absolute Gasteiger partial charge is 1.00 e. The first-order valence-electron chi connectivity index (χ1n) is 7.44. The van der Waals surface area contributed by atoms with Gasteiger partial charge in [-0.15, -0.1) is 17.0 Å². The van der Waals surface area contributed by atoms with Crippen molar-refractivity contribution in [2.45, 2.75) is 13.5 Å². The fourth-order valence-electron chi connectivity index (χ4n) is 1.89. The third kappa shape index (κ3) is 8.13. The molecule has 136 valence electrons. The first-order chi connectivity index (χ1) is 11.2. The molecule has 0 aliphatic heterocycles. The number of rotatable bonds is 6. The number of halogens is 2. The number of nitrogens with two attached hydrogens (primary N) is 1. The standard InChI is InChI=1S/C17H22N5O.2BrH/c1-3-19-17(18)21-20-12-14-7-9-16(10-8-14)23-13-15-6-4-5-11-22(15)2;;/h4-12H,3,13H2,1-2H3,(H3,18,19,21);2*1H/q+1;;/p-1/b20-12+;;. The van der Waals surface area contributed by atoms with Crippen LogP contribution in [0.3, 0.4) is 0 Å². The van der Waals surface area contributed by atoms with E-state index in [4.69, 9.17) is 10.5 Å². The van der Waals surface area contributed by atoms with Crippen LogP contribution >= 0.6 is 17.0 Å². The van der Waals surface area contributed by atoms with Crippen molar-refractivity contribution in [1.29, 1.82) is 0 Å². The summed E-state index contributed by atoms with van der Waals surface area (Å²) in [5, 5.41) is 4.02. The number of guanidine groups is 1. The summed E-state index contributed by atoms with van der Waals surface area (Å²) in [5.41, 5.74) is 10.3. The maximum absolute atomic E-state index is 5.78. The van der Waals surface area contributed by atoms with Gasteiger partial charge in [0.05, 0.1) is 6.21 Å². The molecule has 2 aromatic rings. The van der Waals surface area contributed by atoms with E-state index in [2.05, 4.69) is 15.5 Å². The van der Waals surface area contributed by atoms with Crippen molar-refractivity contribution in [3.8, 4) is 5.75 Å². The molecule has 1 aromatic heterocycles. The van der Waals surface area contributed by atoms with Crippen LogP contribution in [-0.4, -0.2) is 18.7 Å². The molecular weight excluding hydrogens is 450 g/mol. The van der Waals surface area contributed by atoms with Crippen molar-refractivity contribution in [3.05, 3.63) is 59.9 Å². The zero-order valence-electron chi connectivity index (χ0n) is 14.2. The third-order valence-electron chi connectivity index (χ3n) is 3.15. The number of benzene rings is 1. The van der Waals surface area contributed by atoms with E-state index in [0.717, 1.165) is 17.0 Å². The van der Waals surface area contributed by atoms with Gasteiger partial charge in [-0.3, -0.25) is 4.99 Å². The number of aliphatic imine (C=N–C) groups is 1. The van der Waals surface area contributed by atoms with Gasteiger partial charge in [-0.1, -0.05) is 0 Å². The molecular formula is C17H23Br2N5O. The molecule has 6 nitrogen and oxygen atoms in total. The topological polar surface area (TPSA) is 75.9 Å². The Labute approximate surface area is 169 Å². The van der Waals surface area contributed by atoms with E-state index in [1.807, 2.05) is 67.2 Å². The van der Waals surface area contributed by atoms with Crippen LogP contribution in [0.4, 0.5) is 0 Å². The summed E-state index contributed by atoms with van der Waals surface area (Å²) in [7, 11) is 2.00. The lowest BCUT2D eigenvalue weighted by Gasteiger charge is -2.05. The molecule has 0 bridgehead atoms. The van der Waals surface area contributed by atoms with Crippen molar-refractivity contribution >= 4 is 29.2 Å². The van der Waals surface area contributed by atoms with Gasteiger partial charge in [0, 0.05) is 18.7 Å². The molecule has 0 radical (unpaired) electrons. The Balaban J connectivity index is 0.00000288. The van der Waals surface area contributed by atoms with E-state index < -0.39 is 0 Å². The Hall–Kier alpha value is -1.93. The summed E-state index contributed by atoms with van der Waals surface area (Å²) in [6.45, 7) is 3.06. The van der Waals surface area contributed by atoms with Gasteiger partial charge in [0.15, 0.2) is 12.8 Å². The highest BCUT2D eigenvalue weighted by Gasteiger charge is 2.05. The minimum Gasteiger partial charge on any atom is -1.00 e. The molecule has 2 rings (SSSR count).